The summed E-state index contributed by atoms with van der Waals surface area (Å²) in [6.07, 6.45) is 1.12. The highest BCUT2D eigenvalue weighted by Crippen LogP contribution is 2.13. The van der Waals surface area contributed by atoms with Crippen LogP contribution < -0.4 is 10.6 Å². The lowest BCUT2D eigenvalue weighted by Gasteiger charge is -2.26. The van der Waals surface area contributed by atoms with E-state index in [2.05, 4.69) is 34.6 Å². The molecule has 1 aliphatic rings. The van der Waals surface area contributed by atoms with Gasteiger partial charge in [-0.05, 0) is 30.7 Å². The van der Waals surface area contributed by atoms with Gasteiger partial charge in [0, 0.05) is 49.8 Å². The molecule has 0 bridgehead atoms. The van der Waals surface area contributed by atoms with Crippen LogP contribution in [0.2, 0.25) is 0 Å². The van der Waals surface area contributed by atoms with E-state index in [0.717, 1.165) is 44.7 Å². The molecule has 1 amide bonds. The van der Waals surface area contributed by atoms with Gasteiger partial charge >= 0.3 is 0 Å². The Kier molecular flexibility index (Phi) is 13.5. The minimum Gasteiger partial charge on any atom is -0.351 e. The van der Waals surface area contributed by atoms with Crippen LogP contribution in [-0.2, 0) is 6.54 Å². The fourth-order valence-corrected chi connectivity index (χ4v) is 3.43. The highest BCUT2D eigenvalue weighted by molar-refractivity contribution is 7.99. The van der Waals surface area contributed by atoms with E-state index in [1.54, 1.807) is 0 Å². The molecule has 0 spiro atoms. The molecule has 0 radical (unpaired) electrons. The number of thioether (sulfide) groups is 1. The molecule has 24 heavy (non-hydrogen) atoms. The van der Waals surface area contributed by atoms with Crippen molar-refractivity contribution in [3.05, 3.63) is 35.4 Å². The molecule has 2 rings (SSSR count). The maximum atomic E-state index is 12.0. The molecule has 1 aromatic rings. The zero-order valence-corrected chi connectivity index (χ0v) is 16.7. The maximum absolute atomic E-state index is 12.0. The Bertz CT molecular complexity index is 454. The summed E-state index contributed by atoms with van der Waals surface area (Å²) in [5, 5.41) is 6.22. The third kappa shape index (κ3) is 8.58. The lowest BCUT2D eigenvalue weighted by Crippen LogP contribution is -2.32. The van der Waals surface area contributed by atoms with Gasteiger partial charge in [-0.15, -0.1) is 24.8 Å². The Morgan fingerprint density at radius 1 is 1.08 bits per heavy atom. The van der Waals surface area contributed by atoms with Crippen LogP contribution >= 0.6 is 36.6 Å². The van der Waals surface area contributed by atoms with Crippen LogP contribution in [-0.4, -0.2) is 55.0 Å². The molecule has 2 N–H and O–H groups in total. The molecule has 7 heteroatoms. The molecule has 0 atom stereocenters. The molecule has 0 saturated carbocycles. The third-order valence-corrected chi connectivity index (χ3v) is 4.68. The molecular formula is C17H29Cl2N3OS. The van der Waals surface area contributed by atoms with Crippen molar-refractivity contribution in [2.24, 2.45) is 0 Å². The van der Waals surface area contributed by atoms with Crippen LogP contribution in [0.25, 0.3) is 0 Å². The van der Waals surface area contributed by atoms with Crippen LogP contribution in [0.5, 0.6) is 0 Å². The van der Waals surface area contributed by atoms with E-state index in [1.165, 1.54) is 17.1 Å². The van der Waals surface area contributed by atoms with Crippen molar-refractivity contribution in [1.29, 1.82) is 0 Å². The monoisotopic (exact) mass is 393 g/mol. The van der Waals surface area contributed by atoms with Crippen LogP contribution in [0.4, 0.5) is 0 Å². The number of amides is 1. The Hall–Kier alpha value is -0.460. The van der Waals surface area contributed by atoms with E-state index in [0.29, 0.717) is 6.54 Å². The first-order valence-corrected chi connectivity index (χ1v) is 9.33. The summed E-state index contributed by atoms with van der Waals surface area (Å²) in [6.45, 7) is 7.95. The summed E-state index contributed by atoms with van der Waals surface area (Å²) in [5.74, 6) is 2.47. The van der Waals surface area contributed by atoms with Gasteiger partial charge < -0.3 is 10.6 Å². The van der Waals surface area contributed by atoms with Crippen molar-refractivity contribution < 1.29 is 4.79 Å². The number of rotatable bonds is 8. The van der Waals surface area contributed by atoms with E-state index >= 15 is 0 Å². The lowest BCUT2D eigenvalue weighted by molar-refractivity contribution is 0.0954. The first kappa shape index (κ1) is 23.5. The summed E-state index contributed by atoms with van der Waals surface area (Å²) in [6, 6.07) is 8.02. The Balaban J connectivity index is 0.00000264. The predicted octanol–water partition coefficient (Wildman–Crippen LogP) is 2.81. The number of halogens is 2. The molecular weight excluding hydrogens is 365 g/mol. The van der Waals surface area contributed by atoms with Gasteiger partial charge in [-0.2, -0.15) is 11.8 Å². The first-order chi connectivity index (χ1) is 10.8. The van der Waals surface area contributed by atoms with Gasteiger partial charge in [0.1, 0.15) is 0 Å². The second kappa shape index (κ2) is 13.8. The van der Waals surface area contributed by atoms with Crippen LogP contribution in [0.15, 0.2) is 24.3 Å². The average molecular weight is 394 g/mol. The minimum atomic E-state index is 0. The number of benzene rings is 1. The molecule has 0 aromatic heterocycles. The smallest absolute Gasteiger partial charge is 0.251 e. The standard InChI is InChI=1S/C17H27N3OS.2ClH/c1-2-7-18-8-9-19-17(21)16-5-3-15(4-6-16)14-20-10-12-22-13-11-20;;/h3-6,18H,2,7-14H2,1H3,(H,19,21);2*1H. The molecule has 1 heterocycles. The van der Waals surface area contributed by atoms with E-state index in [1.807, 2.05) is 23.9 Å². The second-order valence-corrected chi connectivity index (χ2v) is 6.82. The van der Waals surface area contributed by atoms with E-state index in [9.17, 15) is 4.79 Å². The van der Waals surface area contributed by atoms with Gasteiger partial charge in [0.15, 0.2) is 0 Å². The number of carbonyl (C=O) groups is 1. The maximum Gasteiger partial charge on any atom is 0.251 e. The van der Waals surface area contributed by atoms with Gasteiger partial charge in [0.25, 0.3) is 5.91 Å². The Morgan fingerprint density at radius 3 is 2.38 bits per heavy atom. The zero-order valence-electron chi connectivity index (χ0n) is 14.3. The van der Waals surface area contributed by atoms with Gasteiger partial charge in [-0.1, -0.05) is 19.1 Å². The number of hydrogen-bond donors (Lipinski definition) is 2. The normalized spacial score (nSPS) is 14.4. The molecule has 0 aliphatic carbocycles. The Morgan fingerprint density at radius 2 is 1.75 bits per heavy atom. The lowest BCUT2D eigenvalue weighted by atomic mass is 10.1. The van der Waals surface area contributed by atoms with Crippen molar-refractivity contribution in [2.45, 2.75) is 19.9 Å². The van der Waals surface area contributed by atoms with E-state index in [-0.39, 0.29) is 30.7 Å². The quantitative estimate of drug-likeness (QED) is 0.666. The topological polar surface area (TPSA) is 44.4 Å². The highest BCUT2D eigenvalue weighted by atomic mass is 35.5. The summed E-state index contributed by atoms with van der Waals surface area (Å²) < 4.78 is 0. The molecule has 138 valence electrons. The highest BCUT2D eigenvalue weighted by Gasteiger charge is 2.11. The summed E-state index contributed by atoms with van der Waals surface area (Å²) >= 11 is 2.03. The molecule has 1 aromatic carbocycles. The molecule has 4 nitrogen and oxygen atoms in total. The predicted molar refractivity (Wildman–Crippen MR) is 109 cm³/mol. The molecule has 1 aliphatic heterocycles. The van der Waals surface area contributed by atoms with Crippen molar-refractivity contribution >= 4 is 42.5 Å². The Labute approximate surface area is 162 Å². The number of nitrogens with one attached hydrogen (secondary N) is 2. The molecule has 1 fully saturated rings. The van der Waals surface area contributed by atoms with Crippen LogP contribution in [0.1, 0.15) is 29.3 Å². The van der Waals surface area contributed by atoms with E-state index in [4.69, 9.17) is 0 Å². The van der Waals surface area contributed by atoms with Crippen LogP contribution in [0.3, 0.4) is 0 Å². The average Bonchev–Trinajstić information content (AvgIpc) is 2.56. The SMILES string of the molecule is CCCNCCNC(=O)c1ccc(CN2CCSCC2)cc1.Cl.Cl. The van der Waals surface area contributed by atoms with Gasteiger partial charge in [-0.25, -0.2) is 0 Å². The van der Waals surface area contributed by atoms with Crippen molar-refractivity contribution in [3.8, 4) is 0 Å². The summed E-state index contributed by atoms with van der Waals surface area (Å²) in [4.78, 5) is 14.5. The van der Waals surface area contributed by atoms with Crippen molar-refractivity contribution in [3.63, 3.8) is 0 Å². The molecule has 0 unspecified atom stereocenters. The summed E-state index contributed by atoms with van der Waals surface area (Å²) in [5.41, 5.74) is 2.03. The number of hydrogen-bond acceptors (Lipinski definition) is 4. The molecule has 1 saturated heterocycles. The largest absolute Gasteiger partial charge is 0.351 e. The van der Waals surface area contributed by atoms with Crippen molar-refractivity contribution in [1.82, 2.24) is 15.5 Å². The van der Waals surface area contributed by atoms with Crippen molar-refractivity contribution in [2.75, 3.05) is 44.2 Å². The second-order valence-electron chi connectivity index (χ2n) is 5.59. The van der Waals surface area contributed by atoms with Gasteiger partial charge in [0.05, 0.1) is 0 Å². The minimum absolute atomic E-state index is 0. The van der Waals surface area contributed by atoms with Gasteiger partial charge in [0.2, 0.25) is 0 Å². The summed E-state index contributed by atoms with van der Waals surface area (Å²) in [7, 11) is 0. The number of carbonyl (C=O) groups excluding carboxylic acids is 1. The first-order valence-electron chi connectivity index (χ1n) is 8.17. The fraction of sp³-hybridized carbons (Fsp3) is 0.588. The number of nitrogens with zero attached hydrogens (tertiary/aromatic N) is 1. The zero-order chi connectivity index (χ0) is 15.6. The van der Waals surface area contributed by atoms with Gasteiger partial charge in [-0.3, -0.25) is 9.69 Å². The third-order valence-electron chi connectivity index (χ3n) is 3.74. The van der Waals surface area contributed by atoms with Crippen LogP contribution in [0, 0.1) is 0 Å². The fourth-order valence-electron chi connectivity index (χ4n) is 2.45. The van der Waals surface area contributed by atoms with E-state index < -0.39 is 0 Å².